The number of aliphatic carboxylic acids is 1. The quantitative estimate of drug-likeness (QED) is 0.421. The Morgan fingerprint density at radius 2 is 1.91 bits per heavy atom. The van der Waals surface area contributed by atoms with E-state index in [4.69, 9.17) is 4.74 Å². The minimum absolute atomic E-state index is 0.0818. The van der Waals surface area contributed by atoms with Crippen LogP contribution >= 0.6 is 0 Å². The maximum absolute atomic E-state index is 13.5. The maximum atomic E-state index is 13.5. The molecular formula is C26H40N2O5. The molecule has 0 aromatic heterocycles. The van der Waals surface area contributed by atoms with Gasteiger partial charge in [0, 0.05) is 19.0 Å². The molecule has 2 unspecified atom stereocenters. The largest absolute Gasteiger partial charge is 0.481 e. The standard InChI is InChI=1S/C26H40N2O5/c1-4-5-7-13-22(16-24(29)30)25(31)28(17-20(2)3)26(32)27-15-10-14-23(27)19-33-18-21-11-8-6-9-12-21/h6,8-9,11-12,20,22-23H,4-5,7,10,13-19H2,1-3H3,(H,29,30). The predicted molar refractivity (Wildman–Crippen MR) is 128 cm³/mol. The van der Waals surface area contributed by atoms with Crippen molar-refractivity contribution < 1.29 is 24.2 Å². The fraction of sp³-hybridized carbons (Fsp3) is 0.654. The van der Waals surface area contributed by atoms with Crippen molar-refractivity contribution in [2.24, 2.45) is 11.8 Å². The molecule has 2 rings (SSSR count). The van der Waals surface area contributed by atoms with Gasteiger partial charge in [-0.25, -0.2) is 4.79 Å². The molecular weight excluding hydrogens is 420 g/mol. The molecule has 0 radical (unpaired) electrons. The van der Waals surface area contributed by atoms with Gasteiger partial charge in [0.1, 0.15) is 0 Å². The van der Waals surface area contributed by atoms with E-state index in [2.05, 4.69) is 6.92 Å². The minimum Gasteiger partial charge on any atom is -0.481 e. The Kier molecular flexibility index (Phi) is 11.4. The molecule has 1 fully saturated rings. The normalized spacial score (nSPS) is 16.7. The molecule has 0 bridgehead atoms. The van der Waals surface area contributed by atoms with E-state index in [9.17, 15) is 19.5 Å². The number of urea groups is 1. The topological polar surface area (TPSA) is 87.2 Å². The number of likely N-dealkylation sites (tertiary alicyclic amines) is 1. The van der Waals surface area contributed by atoms with E-state index < -0.39 is 11.9 Å². The summed E-state index contributed by atoms with van der Waals surface area (Å²) in [5.74, 6) is -1.94. The highest BCUT2D eigenvalue weighted by Crippen LogP contribution is 2.24. The van der Waals surface area contributed by atoms with E-state index in [1.165, 1.54) is 4.90 Å². The number of carbonyl (C=O) groups excluding carboxylic acids is 2. The van der Waals surface area contributed by atoms with Crippen LogP contribution in [0.15, 0.2) is 30.3 Å². The summed E-state index contributed by atoms with van der Waals surface area (Å²) in [5, 5.41) is 9.35. The highest BCUT2D eigenvalue weighted by Gasteiger charge is 2.37. The van der Waals surface area contributed by atoms with E-state index >= 15 is 0 Å². The lowest BCUT2D eigenvalue weighted by atomic mass is 9.96. The molecule has 1 heterocycles. The Hall–Kier alpha value is -2.41. The Morgan fingerprint density at radius 1 is 1.18 bits per heavy atom. The number of imide groups is 1. The van der Waals surface area contributed by atoms with Crippen LogP contribution in [0.25, 0.3) is 0 Å². The molecule has 1 aromatic carbocycles. The van der Waals surface area contributed by atoms with Crippen molar-refractivity contribution in [3.8, 4) is 0 Å². The molecule has 33 heavy (non-hydrogen) atoms. The van der Waals surface area contributed by atoms with Crippen LogP contribution in [0.4, 0.5) is 4.79 Å². The lowest BCUT2D eigenvalue weighted by Crippen LogP contribution is -2.52. The van der Waals surface area contributed by atoms with Crippen molar-refractivity contribution in [3.63, 3.8) is 0 Å². The van der Waals surface area contributed by atoms with Crippen molar-refractivity contribution in [1.82, 2.24) is 9.80 Å². The van der Waals surface area contributed by atoms with Gasteiger partial charge in [-0.15, -0.1) is 0 Å². The van der Waals surface area contributed by atoms with Gasteiger partial charge in [-0.3, -0.25) is 14.5 Å². The Balaban J connectivity index is 2.07. The van der Waals surface area contributed by atoms with Gasteiger partial charge < -0.3 is 14.7 Å². The molecule has 0 aliphatic carbocycles. The molecule has 7 nitrogen and oxygen atoms in total. The lowest BCUT2D eigenvalue weighted by molar-refractivity contribution is -0.144. The summed E-state index contributed by atoms with van der Waals surface area (Å²) in [5.41, 5.74) is 1.08. The third-order valence-electron chi connectivity index (χ3n) is 6.02. The Morgan fingerprint density at radius 3 is 2.55 bits per heavy atom. The first-order valence-electron chi connectivity index (χ1n) is 12.3. The molecule has 1 saturated heterocycles. The number of benzene rings is 1. The fourth-order valence-corrected chi connectivity index (χ4v) is 4.32. The summed E-state index contributed by atoms with van der Waals surface area (Å²) in [6, 6.07) is 9.50. The van der Waals surface area contributed by atoms with Crippen LogP contribution in [0.5, 0.6) is 0 Å². The third kappa shape index (κ3) is 8.80. The first kappa shape index (κ1) is 26.8. The lowest BCUT2D eigenvalue weighted by Gasteiger charge is -2.33. The number of unbranched alkanes of at least 4 members (excludes halogenated alkanes) is 2. The van der Waals surface area contributed by atoms with E-state index in [0.29, 0.717) is 26.2 Å². The van der Waals surface area contributed by atoms with E-state index in [0.717, 1.165) is 37.7 Å². The van der Waals surface area contributed by atoms with Crippen LogP contribution < -0.4 is 0 Å². The molecule has 1 N–H and O–H groups in total. The molecule has 184 valence electrons. The number of carboxylic acids is 1. The van der Waals surface area contributed by atoms with E-state index in [-0.39, 0.29) is 36.9 Å². The zero-order valence-electron chi connectivity index (χ0n) is 20.4. The zero-order valence-corrected chi connectivity index (χ0v) is 20.4. The summed E-state index contributed by atoms with van der Waals surface area (Å²) in [4.78, 5) is 41.4. The molecule has 1 aliphatic rings. The van der Waals surface area contributed by atoms with Crippen LogP contribution in [0.3, 0.4) is 0 Å². The molecule has 0 saturated carbocycles. The second-order valence-electron chi connectivity index (χ2n) is 9.41. The molecule has 1 aliphatic heterocycles. The van der Waals surface area contributed by atoms with Gasteiger partial charge in [-0.1, -0.05) is 70.4 Å². The van der Waals surface area contributed by atoms with Crippen LogP contribution in [-0.2, 0) is 20.9 Å². The van der Waals surface area contributed by atoms with Crippen molar-refractivity contribution in [1.29, 1.82) is 0 Å². The monoisotopic (exact) mass is 460 g/mol. The first-order valence-corrected chi connectivity index (χ1v) is 12.3. The van der Waals surface area contributed by atoms with Crippen molar-refractivity contribution in [3.05, 3.63) is 35.9 Å². The number of hydrogen-bond acceptors (Lipinski definition) is 4. The van der Waals surface area contributed by atoms with E-state index in [1.54, 1.807) is 4.90 Å². The van der Waals surface area contributed by atoms with Crippen LogP contribution in [0.2, 0.25) is 0 Å². The average molecular weight is 461 g/mol. The second kappa shape index (κ2) is 14.0. The molecule has 7 heteroatoms. The van der Waals surface area contributed by atoms with Crippen molar-refractivity contribution in [2.75, 3.05) is 19.7 Å². The molecule has 1 aromatic rings. The van der Waals surface area contributed by atoms with Crippen molar-refractivity contribution in [2.45, 2.75) is 78.4 Å². The van der Waals surface area contributed by atoms with Gasteiger partial charge in [0.05, 0.1) is 25.7 Å². The highest BCUT2D eigenvalue weighted by molar-refractivity contribution is 5.97. The number of ether oxygens (including phenoxy) is 1. The second-order valence-corrected chi connectivity index (χ2v) is 9.41. The number of carbonyl (C=O) groups is 3. The molecule has 3 amide bonds. The third-order valence-corrected chi connectivity index (χ3v) is 6.02. The summed E-state index contributed by atoms with van der Waals surface area (Å²) in [7, 11) is 0. The van der Waals surface area contributed by atoms with Gasteiger partial charge in [-0.05, 0) is 30.7 Å². The number of amides is 3. The SMILES string of the molecule is CCCCCC(CC(=O)O)C(=O)N(CC(C)C)C(=O)N1CCCC1COCc1ccccc1. The number of rotatable bonds is 13. The van der Waals surface area contributed by atoms with Crippen LogP contribution in [0.1, 0.15) is 71.3 Å². The fourth-order valence-electron chi connectivity index (χ4n) is 4.32. The van der Waals surface area contributed by atoms with Gasteiger partial charge in [0.2, 0.25) is 5.91 Å². The Labute approximate surface area is 198 Å². The van der Waals surface area contributed by atoms with Gasteiger partial charge in [-0.2, -0.15) is 0 Å². The highest BCUT2D eigenvalue weighted by atomic mass is 16.5. The van der Waals surface area contributed by atoms with Crippen molar-refractivity contribution >= 4 is 17.9 Å². The van der Waals surface area contributed by atoms with Gasteiger partial charge in [0.15, 0.2) is 0 Å². The Bertz CT molecular complexity index is 752. The first-order chi connectivity index (χ1) is 15.8. The predicted octanol–water partition coefficient (Wildman–Crippen LogP) is 4.94. The average Bonchev–Trinajstić information content (AvgIpc) is 3.25. The minimum atomic E-state index is -1.00. The van der Waals surface area contributed by atoms with Crippen LogP contribution in [0, 0.1) is 11.8 Å². The van der Waals surface area contributed by atoms with Gasteiger partial charge >= 0.3 is 12.0 Å². The number of carboxylic acid groups (broad SMARTS) is 1. The smallest absolute Gasteiger partial charge is 0.327 e. The number of hydrogen-bond donors (Lipinski definition) is 1. The summed E-state index contributed by atoms with van der Waals surface area (Å²) >= 11 is 0. The van der Waals surface area contributed by atoms with Gasteiger partial charge in [0.25, 0.3) is 0 Å². The van der Waals surface area contributed by atoms with E-state index in [1.807, 2.05) is 44.2 Å². The molecule has 2 atom stereocenters. The van der Waals surface area contributed by atoms with Crippen LogP contribution in [-0.4, -0.2) is 58.6 Å². The summed E-state index contributed by atoms with van der Waals surface area (Å²) in [6.45, 7) is 7.75. The zero-order chi connectivity index (χ0) is 24.2. The summed E-state index contributed by atoms with van der Waals surface area (Å²) in [6.07, 6.45) is 4.65. The number of nitrogens with zero attached hydrogens (tertiary/aromatic N) is 2. The maximum Gasteiger partial charge on any atom is 0.327 e. The summed E-state index contributed by atoms with van der Waals surface area (Å²) < 4.78 is 5.90. The molecule has 0 spiro atoms.